The summed E-state index contributed by atoms with van der Waals surface area (Å²) in [6, 6.07) is 9.62. The van der Waals surface area contributed by atoms with Crippen molar-refractivity contribution in [3.8, 4) is 5.95 Å². The highest BCUT2D eigenvalue weighted by atomic mass is 79.9. The first-order valence-corrected chi connectivity index (χ1v) is 7.55. The van der Waals surface area contributed by atoms with Crippen molar-refractivity contribution in [1.29, 1.82) is 0 Å². The van der Waals surface area contributed by atoms with Crippen LogP contribution >= 0.6 is 39.3 Å². The van der Waals surface area contributed by atoms with E-state index in [1.165, 1.54) is 16.4 Å². The summed E-state index contributed by atoms with van der Waals surface area (Å²) in [5.74, 6) is 0.393. The van der Waals surface area contributed by atoms with Gasteiger partial charge in [-0.25, -0.2) is 4.68 Å². The van der Waals surface area contributed by atoms with Gasteiger partial charge in [0.15, 0.2) is 5.16 Å². The summed E-state index contributed by atoms with van der Waals surface area (Å²) in [6.45, 7) is 0. The van der Waals surface area contributed by atoms with E-state index in [1.807, 2.05) is 24.3 Å². The highest BCUT2D eigenvalue weighted by molar-refractivity contribution is 9.10. The van der Waals surface area contributed by atoms with Crippen LogP contribution in [-0.2, 0) is 0 Å². The molecule has 0 unspecified atom stereocenters. The number of benzene rings is 1. The number of rotatable bonds is 3. The van der Waals surface area contributed by atoms with Gasteiger partial charge in [0, 0.05) is 21.8 Å². The maximum absolute atomic E-state index is 5.94. The van der Waals surface area contributed by atoms with Crippen molar-refractivity contribution in [3.05, 3.63) is 52.5 Å². The third-order valence-electron chi connectivity index (χ3n) is 2.32. The van der Waals surface area contributed by atoms with E-state index in [1.54, 1.807) is 18.5 Å². The maximum atomic E-state index is 5.94. The first kappa shape index (κ1) is 13.5. The van der Waals surface area contributed by atoms with Crippen LogP contribution in [0.4, 0.5) is 0 Å². The van der Waals surface area contributed by atoms with Crippen molar-refractivity contribution in [1.82, 2.24) is 24.7 Å². The first-order chi connectivity index (χ1) is 9.72. The lowest BCUT2D eigenvalue weighted by atomic mass is 10.4. The Balaban J connectivity index is 1.97. The van der Waals surface area contributed by atoms with Gasteiger partial charge in [-0.05, 0) is 57.5 Å². The van der Waals surface area contributed by atoms with Crippen molar-refractivity contribution >= 4 is 39.3 Å². The van der Waals surface area contributed by atoms with Gasteiger partial charge >= 0.3 is 0 Å². The highest BCUT2D eigenvalue weighted by Crippen LogP contribution is 2.31. The summed E-state index contributed by atoms with van der Waals surface area (Å²) < 4.78 is 2.51. The molecule has 0 saturated heterocycles. The van der Waals surface area contributed by atoms with E-state index in [4.69, 9.17) is 11.6 Å². The van der Waals surface area contributed by atoms with Crippen molar-refractivity contribution in [2.24, 2.45) is 0 Å². The van der Waals surface area contributed by atoms with Gasteiger partial charge in [0.1, 0.15) is 0 Å². The molecule has 1 aromatic carbocycles. The summed E-state index contributed by atoms with van der Waals surface area (Å²) in [4.78, 5) is 13.5. The molecule has 0 aliphatic carbocycles. The van der Waals surface area contributed by atoms with Crippen LogP contribution in [0.2, 0.25) is 5.28 Å². The Morgan fingerprint density at radius 2 is 1.95 bits per heavy atom. The van der Waals surface area contributed by atoms with Crippen molar-refractivity contribution in [3.63, 3.8) is 0 Å². The monoisotopic (exact) mass is 367 g/mol. The Kier molecular flexibility index (Phi) is 4.00. The Labute approximate surface area is 132 Å². The van der Waals surface area contributed by atoms with Crippen LogP contribution < -0.4 is 0 Å². The normalized spacial score (nSPS) is 10.7. The number of halogens is 2. The van der Waals surface area contributed by atoms with E-state index in [0.717, 1.165) is 9.37 Å². The van der Waals surface area contributed by atoms with Gasteiger partial charge in [-0.3, -0.25) is 0 Å². The third-order valence-corrected chi connectivity index (χ3v) is 4.39. The third kappa shape index (κ3) is 3.00. The summed E-state index contributed by atoms with van der Waals surface area (Å²) in [5.41, 5.74) is 0. The summed E-state index contributed by atoms with van der Waals surface area (Å²) in [6.07, 6.45) is 3.40. The number of nitrogens with zero attached hydrogens (tertiary/aromatic N) is 5. The van der Waals surface area contributed by atoms with Gasteiger partial charge in [0.25, 0.3) is 5.95 Å². The molecule has 2 heterocycles. The topological polar surface area (TPSA) is 56.5 Å². The molecule has 0 atom stereocenters. The molecule has 0 N–H and O–H groups in total. The fourth-order valence-corrected chi connectivity index (χ4v) is 2.98. The van der Waals surface area contributed by atoms with Crippen molar-refractivity contribution < 1.29 is 0 Å². The van der Waals surface area contributed by atoms with Crippen LogP contribution in [-0.4, -0.2) is 24.7 Å². The molecule has 8 heteroatoms. The summed E-state index contributed by atoms with van der Waals surface area (Å²) >= 11 is 10.8. The number of aromatic nitrogens is 5. The van der Waals surface area contributed by atoms with E-state index in [0.29, 0.717) is 11.1 Å². The van der Waals surface area contributed by atoms with E-state index >= 15 is 0 Å². The second-order valence-electron chi connectivity index (χ2n) is 3.67. The van der Waals surface area contributed by atoms with Gasteiger partial charge < -0.3 is 0 Å². The smallest absolute Gasteiger partial charge is 0.206 e. The lowest BCUT2D eigenvalue weighted by Crippen LogP contribution is -2.04. The van der Waals surface area contributed by atoms with Crippen molar-refractivity contribution in [2.45, 2.75) is 10.1 Å². The molecular weight excluding hydrogens is 362 g/mol. The molecule has 0 spiro atoms. The molecule has 0 amide bonds. The Morgan fingerprint density at radius 1 is 1.10 bits per heavy atom. The lowest BCUT2D eigenvalue weighted by molar-refractivity contribution is 0.759. The molecule has 20 heavy (non-hydrogen) atoms. The molecule has 0 aliphatic heterocycles. The second-order valence-corrected chi connectivity index (χ2v) is 5.87. The average molecular weight is 369 g/mol. The number of hydrogen-bond donors (Lipinski definition) is 0. The second kappa shape index (κ2) is 5.90. The largest absolute Gasteiger partial charge is 0.255 e. The summed E-state index contributed by atoms with van der Waals surface area (Å²) in [5, 5.41) is 4.74. The molecule has 0 radical (unpaired) electrons. The van der Waals surface area contributed by atoms with Crippen LogP contribution in [0.5, 0.6) is 0 Å². The van der Waals surface area contributed by atoms with Crippen molar-refractivity contribution in [2.75, 3.05) is 0 Å². The average Bonchev–Trinajstić information content (AvgIpc) is 2.95. The van der Waals surface area contributed by atoms with Crippen LogP contribution in [0.3, 0.4) is 0 Å². The molecule has 0 saturated carbocycles. The Hall–Kier alpha value is -1.44. The number of hydrogen-bond acceptors (Lipinski definition) is 5. The Bertz CT molecular complexity index is 734. The summed E-state index contributed by atoms with van der Waals surface area (Å²) in [7, 11) is 0. The molecule has 3 rings (SSSR count). The van der Waals surface area contributed by atoms with E-state index in [2.05, 4.69) is 36.0 Å². The van der Waals surface area contributed by atoms with Crippen LogP contribution in [0.1, 0.15) is 0 Å². The van der Waals surface area contributed by atoms with Crippen LogP contribution in [0, 0.1) is 0 Å². The minimum absolute atomic E-state index is 0.139. The standard InChI is InChI=1S/C12H7BrClN5S/c13-8-4-1-2-5-9(8)20-12-17-10(14)16-11(18-12)19-7-3-6-15-19/h1-7H. The van der Waals surface area contributed by atoms with Gasteiger partial charge in [-0.15, -0.1) is 0 Å². The zero-order valence-electron chi connectivity index (χ0n) is 9.94. The van der Waals surface area contributed by atoms with E-state index < -0.39 is 0 Å². The fraction of sp³-hybridized carbons (Fsp3) is 0. The molecule has 0 bridgehead atoms. The van der Waals surface area contributed by atoms with Crippen LogP contribution in [0.15, 0.2) is 57.3 Å². The maximum Gasteiger partial charge on any atom is 0.255 e. The molecule has 0 fully saturated rings. The van der Waals surface area contributed by atoms with Crippen LogP contribution in [0.25, 0.3) is 5.95 Å². The van der Waals surface area contributed by atoms with Gasteiger partial charge in [-0.2, -0.15) is 20.1 Å². The lowest BCUT2D eigenvalue weighted by Gasteiger charge is -2.05. The molecule has 0 aliphatic rings. The Morgan fingerprint density at radius 3 is 2.70 bits per heavy atom. The molecule has 3 aromatic rings. The van der Waals surface area contributed by atoms with E-state index in [-0.39, 0.29) is 5.28 Å². The minimum atomic E-state index is 0.139. The van der Waals surface area contributed by atoms with E-state index in [9.17, 15) is 0 Å². The zero-order valence-corrected chi connectivity index (χ0v) is 13.1. The zero-order chi connectivity index (χ0) is 13.9. The molecular formula is C12H7BrClN5S. The SMILES string of the molecule is Clc1nc(Sc2ccccc2Br)nc(-n2cccn2)n1. The predicted molar refractivity (Wildman–Crippen MR) is 80.2 cm³/mol. The minimum Gasteiger partial charge on any atom is -0.206 e. The quantitative estimate of drug-likeness (QED) is 0.706. The molecule has 5 nitrogen and oxygen atoms in total. The fourth-order valence-electron chi connectivity index (χ4n) is 1.48. The molecule has 2 aromatic heterocycles. The predicted octanol–water partition coefficient (Wildman–Crippen LogP) is 3.62. The highest BCUT2D eigenvalue weighted by Gasteiger charge is 2.10. The van der Waals surface area contributed by atoms with Gasteiger partial charge in [-0.1, -0.05) is 12.1 Å². The molecule has 100 valence electrons. The van der Waals surface area contributed by atoms with Gasteiger partial charge in [0.05, 0.1) is 0 Å². The first-order valence-electron chi connectivity index (χ1n) is 5.56. The van der Waals surface area contributed by atoms with Gasteiger partial charge in [0.2, 0.25) is 5.28 Å².